The van der Waals surface area contributed by atoms with Crippen molar-refractivity contribution >= 4 is 21.8 Å². The quantitative estimate of drug-likeness (QED) is 0.270. The third-order valence-electron chi connectivity index (χ3n) is 0.387. The Bertz CT molecular complexity index is 254. The van der Waals surface area contributed by atoms with E-state index in [1.54, 1.807) is 0 Å². The summed E-state index contributed by atoms with van der Waals surface area (Å²) in [7, 11) is -10.3. The van der Waals surface area contributed by atoms with Crippen molar-refractivity contribution in [3.05, 3.63) is 0 Å². The Balaban J connectivity index is -0.0000000403. The van der Waals surface area contributed by atoms with Crippen LogP contribution < -0.4 is 59.1 Å². The first-order chi connectivity index (χ1) is 5.10. The molecule has 0 aromatic heterocycles. The zero-order valence-electron chi connectivity index (χ0n) is 9.93. The molecular formula is CH6Fe2Na2O9P2. The molecule has 92 valence electrons. The number of rotatable bonds is 2. The molecule has 4 N–H and O–H groups in total. The summed E-state index contributed by atoms with van der Waals surface area (Å²) in [4.78, 5) is 41.7. The molecule has 0 saturated carbocycles. The molecule has 0 aromatic carbocycles. The molecule has 0 amide bonds. The molecule has 0 spiro atoms. The van der Waals surface area contributed by atoms with Crippen LogP contribution in [0.25, 0.3) is 0 Å². The summed E-state index contributed by atoms with van der Waals surface area (Å²) >= 11 is 0. The summed E-state index contributed by atoms with van der Waals surface area (Å²) in [5, 5.41) is 0. The SMILES string of the molecule is O=C(OP(=O)(O)O)OP(=O)(O)O.[Fe].[Fe].[H-].[H-].[Na+].[Na+]. The van der Waals surface area contributed by atoms with Crippen LogP contribution in [-0.4, -0.2) is 25.7 Å². The molecule has 0 bridgehead atoms. The summed E-state index contributed by atoms with van der Waals surface area (Å²) in [5.41, 5.74) is 0. The van der Waals surface area contributed by atoms with Gasteiger partial charge in [-0.05, 0) is 0 Å². The molecule has 0 aliphatic heterocycles. The van der Waals surface area contributed by atoms with Crippen molar-refractivity contribution < 1.29 is 139 Å². The molecule has 0 aliphatic rings. The van der Waals surface area contributed by atoms with E-state index < -0.39 is 21.8 Å². The van der Waals surface area contributed by atoms with Crippen molar-refractivity contribution in [2.75, 3.05) is 0 Å². The Kier molecular flexibility index (Phi) is 24.6. The molecule has 0 aliphatic carbocycles. The van der Waals surface area contributed by atoms with E-state index in [1.807, 2.05) is 0 Å². The number of hydrogen-bond acceptors (Lipinski definition) is 5. The predicted octanol–water partition coefficient (Wildman–Crippen LogP) is -6.45. The molecule has 0 aromatic rings. The topological polar surface area (TPSA) is 151 Å². The first-order valence-electron chi connectivity index (χ1n) is 2.14. The maximum atomic E-state index is 10.0. The van der Waals surface area contributed by atoms with Gasteiger partial charge in [0.2, 0.25) is 0 Å². The fourth-order valence-corrected chi connectivity index (χ4v) is 0.733. The van der Waals surface area contributed by atoms with E-state index in [0.29, 0.717) is 0 Å². The molecule has 0 saturated heterocycles. The van der Waals surface area contributed by atoms with Crippen LogP contribution in [0.15, 0.2) is 0 Å². The van der Waals surface area contributed by atoms with Gasteiger partial charge in [0.25, 0.3) is 0 Å². The average molecular weight is 382 g/mol. The summed E-state index contributed by atoms with van der Waals surface area (Å²) in [6, 6.07) is 0. The standard InChI is InChI=1S/CH4O9P2.2Fe.2Na.2H/c2-1(9-11(3,4)5)10-12(6,7)8;;;;;;/h(H2,3,4,5)(H2,6,7,8);;;;;;/q;;;2*+1;2*-1. The summed E-state index contributed by atoms with van der Waals surface area (Å²) in [5.74, 6) is 0. The number of phosphoric ester groups is 2. The van der Waals surface area contributed by atoms with Crippen molar-refractivity contribution in [1.82, 2.24) is 0 Å². The monoisotopic (exact) mass is 382 g/mol. The van der Waals surface area contributed by atoms with E-state index in [0.717, 1.165) is 0 Å². The molecule has 0 radical (unpaired) electrons. The Morgan fingerprint density at radius 3 is 1.19 bits per heavy atom. The zero-order valence-corrected chi connectivity index (χ0v) is 15.9. The Labute approximate surface area is 158 Å². The maximum Gasteiger partial charge on any atom is 1.00 e. The van der Waals surface area contributed by atoms with Gasteiger partial charge in [-0.15, -0.1) is 0 Å². The first kappa shape index (κ1) is 31.2. The largest absolute Gasteiger partial charge is 1.00 e. The molecular weight excluding hydrogens is 376 g/mol. The number of hydrogen-bond donors (Lipinski definition) is 4. The third kappa shape index (κ3) is 25.5. The van der Waals surface area contributed by atoms with Crippen molar-refractivity contribution in [3.8, 4) is 0 Å². The summed E-state index contributed by atoms with van der Waals surface area (Å²) in [6.07, 6.45) is -2.14. The van der Waals surface area contributed by atoms with Crippen LogP contribution in [0.1, 0.15) is 2.85 Å². The van der Waals surface area contributed by atoms with Gasteiger partial charge in [0.05, 0.1) is 0 Å². The Morgan fingerprint density at radius 2 is 1.06 bits per heavy atom. The molecule has 0 heterocycles. The fraction of sp³-hybridized carbons (Fsp3) is 0. The third-order valence-corrected chi connectivity index (χ3v) is 1.16. The van der Waals surface area contributed by atoms with Gasteiger partial charge < -0.3 is 11.9 Å². The van der Waals surface area contributed by atoms with Gasteiger partial charge in [-0.3, -0.25) is 19.6 Å². The van der Waals surface area contributed by atoms with E-state index in [-0.39, 0.29) is 96.1 Å². The van der Waals surface area contributed by atoms with Crippen molar-refractivity contribution in [2.24, 2.45) is 0 Å². The molecule has 0 unspecified atom stereocenters. The van der Waals surface area contributed by atoms with E-state index in [2.05, 4.69) is 9.05 Å². The summed E-state index contributed by atoms with van der Waals surface area (Å²) in [6.45, 7) is 0. The second-order valence-electron chi connectivity index (χ2n) is 1.41. The van der Waals surface area contributed by atoms with Gasteiger partial charge >= 0.3 is 80.9 Å². The van der Waals surface area contributed by atoms with Crippen LogP contribution in [-0.2, 0) is 52.3 Å². The van der Waals surface area contributed by atoms with Crippen LogP contribution in [0.4, 0.5) is 4.79 Å². The van der Waals surface area contributed by atoms with E-state index >= 15 is 0 Å². The van der Waals surface area contributed by atoms with Crippen LogP contribution in [0.2, 0.25) is 0 Å². The molecule has 0 atom stereocenters. The minimum Gasteiger partial charge on any atom is -1.00 e. The first-order valence-corrected chi connectivity index (χ1v) is 5.20. The summed E-state index contributed by atoms with van der Waals surface area (Å²) < 4.78 is 25.9. The number of carbonyl (C=O) groups excluding carboxylic acids is 1. The molecule has 0 rings (SSSR count). The zero-order chi connectivity index (χ0) is 9.99. The molecule has 9 nitrogen and oxygen atoms in total. The van der Waals surface area contributed by atoms with Crippen LogP contribution in [0, 0.1) is 0 Å². The Hall–Kier alpha value is 2.61. The normalized spacial score (nSPS) is 9.25. The molecule has 15 heteroatoms. The van der Waals surface area contributed by atoms with E-state index in [1.165, 1.54) is 0 Å². The van der Waals surface area contributed by atoms with Crippen LogP contribution in [0.5, 0.6) is 0 Å². The van der Waals surface area contributed by atoms with Crippen LogP contribution >= 0.6 is 15.6 Å². The predicted molar refractivity (Wildman–Crippen MR) is 33.9 cm³/mol. The number of carbonyl (C=O) groups is 1. The second-order valence-corrected chi connectivity index (χ2v) is 3.74. The van der Waals surface area contributed by atoms with Gasteiger partial charge in [0.1, 0.15) is 0 Å². The van der Waals surface area contributed by atoms with Crippen LogP contribution in [0.3, 0.4) is 0 Å². The smallest absolute Gasteiger partial charge is 1.00 e. The van der Waals surface area contributed by atoms with E-state index in [9.17, 15) is 13.9 Å². The van der Waals surface area contributed by atoms with Gasteiger partial charge in [0.15, 0.2) is 0 Å². The number of phosphoric acid groups is 2. The average Bonchev–Trinajstić information content (AvgIpc) is 1.49. The van der Waals surface area contributed by atoms with Crippen molar-refractivity contribution in [2.45, 2.75) is 0 Å². The molecule has 16 heavy (non-hydrogen) atoms. The van der Waals surface area contributed by atoms with Gasteiger partial charge in [-0.25, -0.2) is 13.9 Å². The van der Waals surface area contributed by atoms with Crippen molar-refractivity contribution in [1.29, 1.82) is 0 Å². The molecule has 0 fully saturated rings. The fourth-order valence-electron chi connectivity index (χ4n) is 0.211. The minimum atomic E-state index is -5.13. The minimum absolute atomic E-state index is 0. The van der Waals surface area contributed by atoms with Gasteiger partial charge in [-0.1, -0.05) is 0 Å². The Morgan fingerprint density at radius 1 is 0.875 bits per heavy atom. The second kappa shape index (κ2) is 12.6. The van der Waals surface area contributed by atoms with Gasteiger partial charge in [0, 0.05) is 34.1 Å². The van der Waals surface area contributed by atoms with Gasteiger partial charge in [-0.2, -0.15) is 0 Å². The van der Waals surface area contributed by atoms with E-state index in [4.69, 9.17) is 19.6 Å². The maximum absolute atomic E-state index is 10.0. The van der Waals surface area contributed by atoms with Crippen molar-refractivity contribution in [3.63, 3.8) is 0 Å².